The van der Waals surface area contributed by atoms with Crippen molar-refractivity contribution < 1.29 is 19.5 Å². The highest BCUT2D eigenvalue weighted by Gasteiger charge is 2.34. The summed E-state index contributed by atoms with van der Waals surface area (Å²) in [6.45, 7) is 4.32. The van der Waals surface area contributed by atoms with Crippen LogP contribution < -0.4 is 9.80 Å². The fourth-order valence-corrected chi connectivity index (χ4v) is 5.00. The largest absolute Gasteiger partial charge is 0.465 e. The van der Waals surface area contributed by atoms with E-state index in [0.29, 0.717) is 52.8 Å². The van der Waals surface area contributed by atoms with Crippen LogP contribution in [0.4, 0.5) is 16.4 Å². The Kier molecular flexibility index (Phi) is 7.02. The summed E-state index contributed by atoms with van der Waals surface area (Å²) < 4.78 is 1.97. The van der Waals surface area contributed by atoms with Crippen molar-refractivity contribution in [2.45, 2.75) is 64.7 Å². The number of carboxylic acid groups (broad SMARTS) is 1. The number of amides is 2. The molecule has 12 nitrogen and oxygen atoms in total. The number of pyridine rings is 2. The molecule has 5 rings (SSSR count). The van der Waals surface area contributed by atoms with E-state index in [2.05, 4.69) is 10.2 Å². The number of hydrogen-bond acceptors (Lipinski definition) is 8. The highest BCUT2D eigenvalue weighted by Crippen LogP contribution is 2.34. The van der Waals surface area contributed by atoms with Crippen LogP contribution in [0.5, 0.6) is 0 Å². The summed E-state index contributed by atoms with van der Waals surface area (Å²) in [4.78, 5) is 51.2. The Bertz CT molecular complexity index is 1420. The van der Waals surface area contributed by atoms with E-state index in [9.17, 15) is 19.5 Å². The van der Waals surface area contributed by atoms with Gasteiger partial charge in [0.2, 0.25) is 0 Å². The van der Waals surface area contributed by atoms with Gasteiger partial charge in [-0.15, -0.1) is 10.2 Å². The van der Waals surface area contributed by atoms with Gasteiger partial charge in [0.15, 0.2) is 5.82 Å². The van der Waals surface area contributed by atoms with Gasteiger partial charge in [0, 0.05) is 44.6 Å². The second-order valence-electron chi connectivity index (χ2n) is 10.4. The van der Waals surface area contributed by atoms with Crippen molar-refractivity contribution in [2.24, 2.45) is 0 Å². The van der Waals surface area contributed by atoms with Gasteiger partial charge in [0.25, 0.3) is 5.91 Å². The molecule has 0 aromatic carbocycles. The summed E-state index contributed by atoms with van der Waals surface area (Å²) in [5, 5.41) is 17.9. The van der Waals surface area contributed by atoms with Crippen LogP contribution in [0.2, 0.25) is 0 Å². The van der Waals surface area contributed by atoms with E-state index in [1.54, 1.807) is 23.4 Å². The zero-order chi connectivity index (χ0) is 27.8. The number of anilines is 2. The Balaban J connectivity index is 1.48. The molecule has 3 aromatic rings. The molecule has 0 spiro atoms. The fraction of sp³-hybridized carbons (Fsp3) is 0.444. The summed E-state index contributed by atoms with van der Waals surface area (Å²) in [6.07, 6.45) is 3.14. The predicted molar refractivity (Wildman–Crippen MR) is 144 cm³/mol. The quantitative estimate of drug-likeness (QED) is 0.484. The Labute approximate surface area is 226 Å². The molecule has 1 fully saturated rings. The van der Waals surface area contributed by atoms with Gasteiger partial charge in [-0.05, 0) is 44.9 Å². The topological polar surface area (TPSA) is 138 Å². The summed E-state index contributed by atoms with van der Waals surface area (Å²) in [7, 11) is 3.37. The number of nitrogens with zero attached hydrogens (tertiary/aromatic N) is 8. The van der Waals surface area contributed by atoms with Gasteiger partial charge in [-0.3, -0.25) is 14.5 Å². The van der Waals surface area contributed by atoms with Crippen LogP contribution in [0.15, 0.2) is 30.6 Å². The van der Waals surface area contributed by atoms with Crippen LogP contribution in [0, 0.1) is 0 Å². The number of rotatable bonds is 7. The van der Waals surface area contributed by atoms with Crippen molar-refractivity contribution in [2.75, 3.05) is 23.9 Å². The lowest BCUT2D eigenvalue weighted by atomic mass is 9.94. The lowest BCUT2D eigenvalue weighted by molar-refractivity contribution is -0.120. The average molecular weight is 533 g/mol. The number of fused-ring (bicyclic) bond motifs is 1. The molecule has 1 saturated carbocycles. The maximum absolute atomic E-state index is 13.7. The monoisotopic (exact) mass is 532 g/mol. The minimum absolute atomic E-state index is 0.0546. The van der Waals surface area contributed by atoms with E-state index < -0.39 is 6.09 Å². The van der Waals surface area contributed by atoms with Gasteiger partial charge in [-0.2, -0.15) is 0 Å². The van der Waals surface area contributed by atoms with Crippen molar-refractivity contribution >= 4 is 29.4 Å². The van der Waals surface area contributed by atoms with Crippen LogP contribution in [-0.4, -0.2) is 72.7 Å². The highest BCUT2D eigenvalue weighted by molar-refractivity contribution is 6.10. The minimum Gasteiger partial charge on any atom is -0.465 e. The third-order valence-corrected chi connectivity index (χ3v) is 7.56. The van der Waals surface area contributed by atoms with Crippen molar-refractivity contribution in [3.8, 4) is 11.5 Å². The summed E-state index contributed by atoms with van der Waals surface area (Å²) in [5.74, 6) is 1.71. The lowest BCUT2D eigenvalue weighted by Gasteiger charge is -2.24. The molecule has 0 atom stereocenters. The zero-order valence-electron chi connectivity index (χ0n) is 22.5. The molecule has 0 unspecified atom stereocenters. The SMILES string of the molecule is CC(C)N(C)c1cc2c(c(CN(C)C(=O)O)n1)CN(c1cccc(-c3nncn3C3CCC(=O)CC3)n1)C2=O. The molecule has 0 bridgehead atoms. The third-order valence-electron chi connectivity index (χ3n) is 7.56. The van der Waals surface area contributed by atoms with Crippen molar-refractivity contribution in [1.29, 1.82) is 0 Å². The van der Waals surface area contributed by atoms with E-state index in [1.807, 2.05) is 42.5 Å². The van der Waals surface area contributed by atoms with Gasteiger partial charge >= 0.3 is 6.09 Å². The van der Waals surface area contributed by atoms with E-state index in [4.69, 9.17) is 9.97 Å². The maximum atomic E-state index is 13.7. The zero-order valence-corrected chi connectivity index (χ0v) is 22.5. The van der Waals surface area contributed by atoms with Gasteiger partial charge in [0.1, 0.15) is 29.4 Å². The van der Waals surface area contributed by atoms with Crippen molar-refractivity contribution in [1.82, 2.24) is 29.6 Å². The van der Waals surface area contributed by atoms with E-state index in [0.717, 1.165) is 17.7 Å². The second kappa shape index (κ2) is 10.4. The minimum atomic E-state index is -1.07. The van der Waals surface area contributed by atoms with Gasteiger partial charge < -0.3 is 19.5 Å². The molecule has 4 heterocycles. The van der Waals surface area contributed by atoms with Gasteiger partial charge in [-0.1, -0.05) is 6.07 Å². The van der Waals surface area contributed by atoms with Crippen LogP contribution in [0.3, 0.4) is 0 Å². The van der Waals surface area contributed by atoms with E-state index in [-0.39, 0.29) is 36.9 Å². The first-order valence-electron chi connectivity index (χ1n) is 13.0. The molecular weight excluding hydrogens is 500 g/mol. The van der Waals surface area contributed by atoms with Crippen LogP contribution in [0.1, 0.15) is 67.2 Å². The molecule has 12 heteroatoms. The number of carbonyl (C=O) groups excluding carboxylic acids is 2. The molecule has 1 aliphatic carbocycles. The highest BCUT2D eigenvalue weighted by atomic mass is 16.4. The first-order valence-corrected chi connectivity index (χ1v) is 13.0. The molecular formula is C27H32N8O4. The third kappa shape index (κ3) is 5.06. The van der Waals surface area contributed by atoms with E-state index in [1.165, 1.54) is 7.05 Å². The molecule has 39 heavy (non-hydrogen) atoms. The second-order valence-corrected chi connectivity index (χ2v) is 10.4. The number of Topliss-reactive ketones (excluding diaryl/α,β-unsaturated/α-hetero) is 1. The normalized spacial score (nSPS) is 15.7. The van der Waals surface area contributed by atoms with Crippen LogP contribution >= 0.6 is 0 Å². The Hall–Kier alpha value is -4.35. The van der Waals surface area contributed by atoms with Crippen LogP contribution in [-0.2, 0) is 17.9 Å². The average Bonchev–Trinajstić information content (AvgIpc) is 3.54. The molecule has 2 aliphatic rings. The van der Waals surface area contributed by atoms with Crippen LogP contribution in [0.25, 0.3) is 11.5 Å². The van der Waals surface area contributed by atoms with Gasteiger partial charge in [-0.25, -0.2) is 14.8 Å². The fourth-order valence-electron chi connectivity index (χ4n) is 5.00. The summed E-state index contributed by atoms with van der Waals surface area (Å²) in [6, 6.07) is 7.44. The smallest absolute Gasteiger partial charge is 0.407 e. The molecule has 3 aromatic heterocycles. The molecule has 2 amide bonds. The molecule has 204 valence electrons. The first kappa shape index (κ1) is 26.3. The predicted octanol–water partition coefficient (Wildman–Crippen LogP) is 3.53. The van der Waals surface area contributed by atoms with Crippen molar-refractivity contribution in [3.63, 3.8) is 0 Å². The molecule has 0 radical (unpaired) electrons. The summed E-state index contributed by atoms with van der Waals surface area (Å²) in [5.41, 5.74) is 2.30. The maximum Gasteiger partial charge on any atom is 0.407 e. The van der Waals surface area contributed by atoms with Crippen molar-refractivity contribution in [3.05, 3.63) is 47.4 Å². The Morgan fingerprint density at radius 2 is 1.90 bits per heavy atom. The number of hydrogen-bond donors (Lipinski definition) is 1. The number of aromatic nitrogens is 5. The standard InChI is InChI=1S/C27H32N8O4/c1-16(2)33(4)24-12-19-20(22(30-24)14-32(3)27(38)39)13-34(26(19)37)23-7-5-6-21(29-23)25-31-28-15-35(25)17-8-10-18(36)11-9-17/h5-7,12,15-17H,8-11,13-14H2,1-4H3,(H,38,39). The molecule has 1 aliphatic heterocycles. The lowest BCUT2D eigenvalue weighted by Crippen LogP contribution is -2.29. The Morgan fingerprint density at radius 1 is 1.15 bits per heavy atom. The molecule has 0 saturated heterocycles. The first-order chi connectivity index (χ1) is 18.6. The number of carbonyl (C=O) groups is 3. The molecule has 1 N–H and O–H groups in total. The van der Waals surface area contributed by atoms with Gasteiger partial charge in [0.05, 0.1) is 24.3 Å². The van der Waals surface area contributed by atoms with E-state index >= 15 is 0 Å². The number of ketones is 1. The Morgan fingerprint density at radius 3 is 2.59 bits per heavy atom. The summed E-state index contributed by atoms with van der Waals surface area (Å²) >= 11 is 0.